The first-order valence-corrected chi connectivity index (χ1v) is 7.46. The Morgan fingerprint density at radius 1 is 1.25 bits per heavy atom. The third-order valence-corrected chi connectivity index (χ3v) is 4.53. The minimum absolute atomic E-state index is 0.159. The molecule has 1 aliphatic rings. The Morgan fingerprint density at radius 2 is 2.00 bits per heavy atom. The minimum atomic E-state index is -2.98. The molecule has 1 N–H and O–H groups in total. The third-order valence-electron chi connectivity index (χ3n) is 2.85. The lowest BCUT2D eigenvalue weighted by atomic mass is 10.2. The van der Waals surface area contributed by atoms with Gasteiger partial charge < -0.3 is 5.32 Å². The van der Waals surface area contributed by atoms with Crippen LogP contribution in [0.15, 0.2) is 30.3 Å². The average Bonchev–Trinajstić information content (AvgIpc) is 2.70. The summed E-state index contributed by atoms with van der Waals surface area (Å²) in [6.45, 7) is 0.950. The van der Waals surface area contributed by atoms with Crippen LogP contribution in [-0.4, -0.2) is 26.8 Å². The molecule has 0 radical (unpaired) electrons. The lowest BCUT2D eigenvalue weighted by Gasteiger charge is -2.10. The molecule has 0 saturated carbocycles. The van der Waals surface area contributed by atoms with Gasteiger partial charge in [0.15, 0.2) is 9.84 Å². The molecule has 1 aliphatic heterocycles. The Bertz CT molecular complexity index is 422. The Hall–Kier alpha value is -0.870. The summed E-state index contributed by atoms with van der Waals surface area (Å²) in [5.41, 5.74) is 0.875. The molecule has 88 valence electrons. The molecule has 1 unspecified atom stereocenters. The largest absolute Gasteiger partial charge is 0.313 e. The maximum absolute atomic E-state index is 11.9. The smallest absolute Gasteiger partial charge is 0.155 e. The molecule has 1 heterocycles. The normalized spacial score (nSPS) is 21.1. The first-order chi connectivity index (χ1) is 7.66. The van der Waals surface area contributed by atoms with E-state index in [1.807, 2.05) is 30.3 Å². The number of benzene rings is 1. The van der Waals surface area contributed by atoms with Crippen molar-refractivity contribution in [2.45, 2.75) is 24.6 Å². The van der Waals surface area contributed by atoms with Crippen LogP contribution in [0.3, 0.4) is 0 Å². The van der Waals surface area contributed by atoms with Gasteiger partial charge in [0, 0.05) is 6.04 Å². The number of hydrogen-bond donors (Lipinski definition) is 1. The summed E-state index contributed by atoms with van der Waals surface area (Å²) in [6, 6.07) is 9.53. The first-order valence-electron chi connectivity index (χ1n) is 5.63. The fourth-order valence-electron chi connectivity index (χ4n) is 2.09. The van der Waals surface area contributed by atoms with Crippen LogP contribution in [-0.2, 0) is 15.6 Å². The second-order valence-electron chi connectivity index (χ2n) is 4.33. The van der Waals surface area contributed by atoms with Crippen LogP contribution in [0.4, 0.5) is 0 Å². The zero-order valence-corrected chi connectivity index (χ0v) is 10.0. The van der Waals surface area contributed by atoms with E-state index in [4.69, 9.17) is 0 Å². The van der Waals surface area contributed by atoms with Gasteiger partial charge in [0.25, 0.3) is 0 Å². The fraction of sp³-hybridized carbons (Fsp3) is 0.500. The van der Waals surface area contributed by atoms with E-state index in [1.54, 1.807) is 0 Å². The topological polar surface area (TPSA) is 46.2 Å². The van der Waals surface area contributed by atoms with E-state index in [-0.39, 0.29) is 17.5 Å². The van der Waals surface area contributed by atoms with E-state index in [0.717, 1.165) is 24.9 Å². The lowest BCUT2D eigenvalue weighted by molar-refractivity contribution is 0.576. The molecule has 1 atom stereocenters. The highest BCUT2D eigenvalue weighted by Gasteiger charge is 2.22. The maximum Gasteiger partial charge on any atom is 0.155 e. The SMILES string of the molecule is O=S(=O)(Cc1ccccc1)CC1CCCN1. The van der Waals surface area contributed by atoms with E-state index < -0.39 is 9.84 Å². The highest BCUT2D eigenvalue weighted by atomic mass is 32.2. The summed E-state index contributed by atoms with van der Waals surface area (Å²) in [5, 5.41) is 3.22. The third kappa shape index (κ3) is 3.32. The average molecular weight is 239 g/mol. The van der Waals surface area contributed by atoms with Crippen LogP contribution in [0.25, 0.3) is 0 Å². The first kappa shape index (κ1) is 11.6. The van der Waals surface area contributed by atoms with Crippen molar-refractivity contribution in [3.05, 3.63) is 35.9 Å². The van der Waals surface area contributed by atoms with Crippen molar-refractivity contribution in [2.75, 3.05) is 12.3 Å². The molecule has 4 heteroatoms. The van der Waals surface area contributed by atoms with E-state index in [0.29, 0.717) is 0 Å². The molecule has 0 bridgehead atoms. The molecule has 0 aromatic heterocycles. The monoisotopic (exact) mass is 239 g/mol. The summed E-state index contributed by atoms with van der Waals surface area (Å²) in [7, 11) is -2.98. The van der Waals surface area contributed by atoms with Gasteiger partial charge in [0.2, 0.25) is 0 Å². The van der Waals surface area contributed by atoms with Gasteiger partial charge in [-0.3, -0.25) is 0 Å². The Morgan fingerprint density at radius 3 is 2.62 bits per heavy atom. The van der Waals surface area contributed by atoms with Crippen molar-refractivity contribution in [1.29, 1.82) is 0 Å². The molecule has 1 fully saturated rings. The second-order valence-corrected chi connectivity index (χ2v) is 6.44. The van der Waals surface area contributed by atoms with Crippen LogP contribution >= 0.6 is 0 Å². The van der Waals surface area contributed by atoms with Crippen LogP contribution in [0.2, 0.25) is 0 Å². The molecule has 2 rings (SSSR count). The molecule has 0 amide bonds. The lowest BCUT2D eigenvalue weighted by Crippen LogP contribution is -2.30. The number of rotatable bonds is 4. The molecular formula is C12H17NO2S. The molecule has 0 spiro atoms. The highest BCUT2D eigenvalue weighted by molar-refractivity contribution is 7.90. The van der Waals surface area contributed by atoms with Crippen molar-refractivity contribution < 1.29 is 8.42 Å². The second kappa shape index (κ2) is 4.97. The standard InChI is InChI=1S/C12H17NO2S/c14-16(15,10-12-7-4-8-13-12)9-11-5-2-1-3-6-11/h1-3,5-6,12-13H,4,7-10H2. The van der Waals surface area contributed by atoms with Crippen LogP contribution in [0.1, 0.15) is 18.4 Å². The number of sulfone groups is 1. The zero-order valence-electron chi connectivity index (χ0n) is 9.22. The Kier molecular flexibility index (Phi) is 3.61. The van der Waals surface area contributed by atoms with Crippen LogP contribution in [0, 0.1) is 0 Å². The quantitative estimate of drug-likeness (QED) is 0.863. The fourth-order valence-corrected chi connectivity index (χ4v) is 3.81. The Balaban J connectivity index is 1.97. The molecule has 1 saturated heterocycles. The summed E-state index contributed by atoms with van der Waals surface area (Å²) >= 11 is 0. The van der Waals surface area contributed by atoms with E-state index in [1.165, 1.54) is 0 Å². The number of nitrogens with one attached hydrogen (secondary N) is 1. The maximum atomic E-state index is 11.9. The van der Waals surface area contributed by atoms with Gasteiger partial charge in [-0.15, -0.1) is 0 Å². The molecule has 1 aromatic rings. The van der Waals surface area contributed by atoms with Crippen molar-refractivity contribution in [3.8, 4) is 0 Å². The summed E-state index contributed by atoms with van der Waals surface area (Å²) < 4.78 is 23.8. The minimum Gasteiger partial charge on any atom is -0.313 e. The van der Waals surface area contributed by atoms with Gasteiger partial charge in [0.05, 0.1) is 11.5 Å². The van der Waals surface area contributed by atoms with E-state index >= 15 is 0 Å². The van der Waals surface area contributed by atoms with Gasteiger partial charge in [-0.1, -0.05) is 30.3 Å². The van der Waals surface area contributed by atoms with Gasteiger partial charge in [0.1, 0.15) is 0 Å². The van der Waals surface area contributed by atoms with Crippen molar-refractivity contribution in [3.63, 3.8) is 0 Å². The van der Waals surface area contributed by atoms with Crippen molar-refractivity contribution in [1.82, 2.24) is 5.32 Å². The molecule has 1 aromatic carbocycles. The van der Waals surface area contributed by atoms with Crippen LogP contribution in [0.5, 0.6) is 0 Å². The molecule has 0 aliphatic carbocycles. The molecular weight excluding hydrogens is 222 g/mol. The van der Waals surface area contributed by atoms with Crippen LogP contribution < -0.4 is 5.32 Å². The van der Waals surface area contributed by atoms with E-state index in [2.05, 4.69) is 5.32 Å². The van der Waals surface area contributed by atoms with Crippen molar-refractivity contribution in [2.24, 2.45) is 0 Å². The van der Waals surface area contributed by atoms with Crippen molar-refractivity contribution >= 4 is 9.84 Å². The Labute approximate surface area is 96.8 Å². The number of hydrogen-bond acceptors (Lipinski definition) is 3. The highest BCUT2D eigenvalue weighted by Crippen LogP contribution is 2.12. The van der Waals surface area contributed by atoms with Gasteiger partial charge in [-0.25, -0.2) is 8.42 Å². The van der Waals surface area contributed by atoms with E-state index in [9.17, 15) is 8.42 Å². The summed E-state index contributed by atoms with van der Waals surface area (Å²) in [4.78, 5) is 0. The zero-order chi connectivity index (χ0) is 11.4. The van der Waals surface area contributed by atoms with Gasteiger partial charge in [-0.05, 0) is 24.9 Å². The van der Waals surface area contributed by atoms with Gasteiger partial charge in [-0.2, -0.15) is 0 Å². The predicted molar refractivity (Wildman–Crippen MR) is 65.0 cm³/mol. The summed E-state index contributed by atoms with van der Waals surface area (Å²) in [5.74, 6) is 0.425. The van der Waals surface area contributed by atoms with Gasteiger partial charge >= 0.3 is 0 Å². The molecule has 3 nitrogen and oxygen atoms in total. The molecule has 16 heavy (non-hydrogen) atoms. The predicted octanol–water partition coefficient (Wildman–Crippen LogP) is 1.35. The summed E-state index contributed by atoms with van der Waals surface area (Å²) in [6.07, 6.45) is 2.07.